The topological polar surface area (TPSA) is 48.4 Å². The highest BCUT2D eigenvalue weighted by atomic mass is 16.6. The summed E-state index contributed by atoms with van der Waals surface area (Å²) in [4.78, 5) is 15.7. The van der Waals surface area contributed by atoms with Crippen molar-refractivity contribution < 1.29 is 14.3 Å². The van der Waals surface area contributed by atoms with Gasteiger partial charge in [-0.1, -0.05) is 6.92 Å². The third-order valence-electron chi connectivity index (χ3n) is 2.96. The lowest BCUT2D eigenvalue weighted by Crippen LogP contribution is -2.32. The molecule has 4 heteroatoms. The fraction of sp³-hybridized carbons (Fsp3) is 0.538. The Bertz CT molecular complexity index is 366. The molecular weight excluding hydrogens is 218 g/mol. The average Bonchev–Trinajstić information content (AvgIpc) is 2.40. The van der Waals surface area contributed by atoms with Crippen molar-refractivity contribution in [3.05, 3.63) is 30.1 Å². The molecule has 4 nitrogen and oxygen atoms in total. The van der Waals surface area contributed by atoms with Crippen LogP contribution in [0.15, 0.2) is 24.5 Å². The number of aromatic nitrogens is 1. The molecule has 0 aromatic carbocycles. The van der Waals surface area contributed by atoms with Crippen LogP contribution in [0.5, 0.6) is 0 Å². The second-order valence-corrected chi connectivity index (χ2v) is 4.19. The highest BCUT2D eigenvalue weighted by molar-refractivity contribution is 5.89. The number of esters is 1. The largest absolute Gasteiger partial charge is 0.459 e. The van der Waals surface area contributed by atoms with Crippen molar-refractivity contribution in [1.29, 1.82) is 0 Å². The number of hydrogen-bond donors (Lipinski definition) is 0. The van der Waals surface area contributed by atoms with E-state index in [1.54, 1.807) is 24.5 Å². The van der Waals surface area contributed by atoms with Crippen molar-refractivity contribution in [2.24, 2.45) is 0 Å². The predicted octanol–water partition coefficient (Wildman–Crippen LogP) is 2.20. The molecule has 0 radical (unpaired) electrons. The van der Waals surface area contributed by atoms with E-state index in [0.29, 0.717) is 12.2 Å². The molecule has 0 saturated carbocycles. The summed E-state index contributed by atoms with van der Waals surface area (Å²) in [7, 11) is 0. The minimum atomic E-state index is -0.269. The molecule has 1 aliphatic heterocycles. The summed E-state index contributed by atoms with van der Waals surface area (Å²) in [5.41, 5.74) is 0.555. The molecule has 0 aliphatic carbocycles. The van der Waals surface area contributed by atoms with Crippen LogP contribution in [0.4, 0.5) is 0 Å². The molecular formula is C13H17NO3. The van der Waals surface area contributed by atoms with Gasteiger partial charge in [-0.3, -0.25) is 4.98 Å². The number of carbonyl (C=O) groups is 1. The van der Waals surface area contributed by atoms with Gasteiger partial charge in [-0.2, -0.15) is 0 Å². The second kappa shape index (κ2) is 5.77. The van der Waals surface area contributed by atoms with E-state index < -0.39 is 0 Å². The van der Waals surface area contributed by atoms with E-state index in [9.17, 15) is 4.79 Å². The Morgan fingerprint density at radius 1 is 1.53 bits per heavy atom. The van der Waals surface area contributed by atoms with E-state index in [1.165, 1.54) is 0 Å². The first-order valence-corrected chi connectivity index (χ1v) is 6.02. The van der Waals surface area contributed by atoms with Gasteiger partial charge in [-0.05, 0) is 18.6 Å². The Balaban J connectivity index is 1.90. The number of ether oxygens (including phenoxy) is 2. The maximum Gasteiger partial charge on any atom is 0.338 e. The summed E-state index contributed by atoms with van der Waals surface area (Å²) in [6.45, 7) is 2.75. The van der Waals surface area contributed by atoms with Gasteiger partial charge < -0.3 is 9.47 Å². The molecule has 2 rings (SSSR count). The zero-order valence-electron chi connectivity index (χ0n) is 9.96. The number of pyridine rings is 1. The average molecular weight is 235 g/mol. The number of hydrogen-bond acceptors (Lipinski definition) is 4. The van der Waals surface area contributed by atoms with E-state index in [4.69, 9.17) is 9.47 Å². The molecule has 1 fully saturated rings. The van der Waals surface area contributed by atoms with Gasteiger partial charge in [0.1, 0.15) is 6.10 Å². The monoisotopic (exact) mass is 235 g/mol. The van der Waals surface area contributed by atoms with Gasteiger partial charge in [-0.25, -0.2) is 4.79 Å². The van der Waals surface area contributed by atoms with E-state index in [-0.39, 0.29) is 18.2 Å². The van der Waals surface area contributed by atoms with Gasteiger partial charge in [0.25, 0.3) is 0 Å². The molecule has 1 unspecified atom stereocenters. The van der Waals surface area contributed by atoms with Crippen molar-refractivity contribution in [3.8, 4) is 0 Å². The highest BCUT2D eigenvalue weighted by Gasteiger charge is 2.24. The summed E-state index contributed by atoms with van der Waals surface area (Å²) >= 11 is 0. The van der Waals surface area contributed by atoms with Crippen molar-refractivity contribution >= 4 is 5.97 Å². The smallest absolute Gasteiger partial charge is 0.338 e. The fourth-order valence-corrected chi connectivity index (χ4v) is 1.94. The molecule has 17 heavy (non-hydrogen) atoms. The van der Waals surface area contributed by atoms with Crippen LogP contribution >= 0.6 is 0 Å². The van der Waals surface area contributed by atoms with Gasteiger partial charge in [-0.15, -0.1) is 0 Å². The summed E-state index contributed by atoms with van der Waals surface area (Å²) in [6, 6.07) is 3.33. The first-order valence-electron chi connectivity index (χ1n) is 6.02. The molecule has 1 aliphatic rings. The predicted molar refractivity (Wildman–Crippen MR) is 62.7 cm³/mol. The Kier molecular flexibility index (Phi) is 4.09. The zero-order valence-corrected chi connectivity index (χ0v) is 9.96. The first kappa shape index (κ1) is 12.0. The summed E-state index contributed by atoms with van der Waals surface area (Å²) in [6.07, 6.45) is 5.93. The lowest BCUT2D eigenvalue weighted by molar-refractivity contribution is -0.0557. The number of nitrogens with zero attached hydrogens (tertiary/aromatic N) is 1. The third-order valence-corrected chi connectivity index (χ3v) is 2.96. The van der Waals surface area contributed by atoms with Crippen molar-refractivity contribution in [2.75, 3.05) is 6.61 Å². The molecule has 1 aromatic heterocycles. The van der Waals surface area contributed by atoms with Crippen molar-refractivity contribution in [3.63, 3.8) is 0 Å². The molecule has 2 heterocycles. The zero-order chi connectivity index (χ0) is 12.1. The Morgan fingerprint density at radius 2 is 2.29 bits per heavy atom. The maximum atomic E-state index is 11.8. The molecule has 1 aromatic rings. The normalized spacial score (nSPS) is 24.3. The van der Waals surface area contributed by atoms with Crippen LogP contribution in [0, 0.1) is 0 Å². The van der Waals surface area contributed by atoms with Crippen LogP contribution in [0.3, 0.4) is 0 Å². The highest BCUT2D eigenvalue weighted by Crippen LogP contribution is 2.20. The van der Waals surface area contributed by atoms with Gasteiger partial charge in [0.2, 0.25) is 0 Å². The second-order valence-electron chi connectivity index (χ2n) is 4.19. The minimum Gasteiger partial charge on any atom is -0.459 e. The quantitative estimate of drug-likeness (QED) is 0.753. The van der Waals surface area contributed by atoms with Crippen LogP contribution in [0.2, 0.25) is 0 Å². The Labute approximate surface area is 101 Å². The fourth-order valence-electron chi connectivity index (χ4n) is 1.94. The van der Waals surface area contributed by atoms with Crippen LogP contribution in [-0.2, 0) is 9.47 Å². The third kappa shape index (κ3) is 3.27. The molecule has 0 spiro atoms. The van der Waals surface area contributed by atoms with E-state index >= 15 is 0 Å². The molecule has 0 bridgehead atoms. The molecule has 0 amide bonds. The van der Waals surface area contributed by atoms with E-state index in [0.717, 1.165) is 19.3 Å². The summed E-state index contributed by atoms with van der Waals surface area (Å²) < 4.78 is 11.0. The van der Waals surface area contributed by atoms with E-state index in [1.807, 2.05) is 0 Å². The van der Waals surface area contributed by atoms with Crippen molar-refractivity contribution in [2.45, 2.75) is 38.4 Å². The van der Waals surface area contributed by atoms with Gasteiger partial charge >= 0.3 is 5.97 Å². The van der Waals surface area contributed by atoms with Crippen LogP contribution in [-0.4, -0.2) is 29.8 Å². The first-order chi connectivity index (χ1) is 8.29. The van der Waals surface area contributed by atoms with Crippen LogP contribution in [0.1, 0.15) is 36.5 Å². The molecule has 92 valence electrons. The Morgan fingerprint density at radius 3 is 3.00 bits per heavy atom. The standard InChI is InChI=1S/C13H17NO3/c1-2-11-9-12(5-8-16-11)17-13(15)10-3-6-14-7-4-10/h3-4,6-7,11-12H,2,5,8-9H2,1H3/t11?,12-/m1/s1. The lowest BCUT2D eigenvalue weighted by atomic mass is 10.0. The summed E-state index contributed by atoms with van der Waals surface area (Å²) in [5.74, 6) is -0.269. The van der Waals surface area contributed by atoms with Gasteiger partial charge in [0, 0.05) is 25.2 Å². The molecule has 2 atom stereocenters. The Hall–Kier alpha value is -1.42. The van der Waals surface area contributed by atoms with E-state index in [2.05, 4.69) is 11.9 Å². The number of rotatable bonds is 3. The maximum absolute atomic E-state index is 11.8. The van der Waals surface area contributed by atoms with Crippen LogP contribution in [0.25, 0.3) is 0 Å². The molecule has 0 N–H and O–H groups in total. The lowest BCUT2D eigenvalue weighted by Gasteiger charge is -2.28. The SMILES string of the molecule is CCC1C[C@H](OC(=O)c2ccncc2)CCO1. The van der Waals surface area contributed by atoms with Gasteiger partial charge in [0.05, 0.1) is 18.3 Å². The van der Waals surface area contributed by atoms with Gasteiger partial charge in [0.15, 0.2) is 0 Å². The minimum absolute atomic E-state index is 0.0191. The van der Waals surface area contributed by atoms with Crippen LogP contribution < -0.4 is 0 Å². The number of carbonyl (C=O) groups excluding carboxylic acids is 1. The van der Waals surface area contributed by atoms with Crippen molar-refractivity contribution in [1.82, 2.24) is 4.98 Å². The molecule has 1 saturated heterocycles. The summed E-state index contributed by atoms with van der Waals surface area (Å²) in [5, 5.41) is 0.